The minimum atomic E-state index is -1.11. The van der Waals surface area contributed by atoms with E-state index in [1.165, 1.54) is 12.5 Å². The molecule has 2 nitrogen and oxygen atoms in total. The minimum absolute atomic E-state index is 0.433. The smallest absolute Gasteiger partial charge is 0.252 e. The standard InChI is InChI=1S/C16H25ClO2Si/c1-5-13(2)20(3,4)12-6-11-19-15-9-7-14(8-10-15)16(17)18/h7-10,13H,5-6,11-12H2,1-4H3. The molecule has 112 valence electrons. The van der Waals surface area contributed by atoms with Crippen LogP contribution in [0.1, 0.15) is 37.0 Å². The molecule has 0 bridgehead atoms. The van der Waals surface area contributed by atoms with Crippen LogP contribution >= 0.6 is 11.6 Å². The third-order valence-electron chi connectivity index (χ3n) is 4.26. The first-order valence-corrected chi connectivity index (χ1v) is 11.0. The first-order valence-electron chi connectivity index (χ1n) is 7.29. The SMILES string of the molecule is CCC(C)[Si](C)(C)CCCOc1ccc(C(=O)Cl)cc1. The average molecular weight is 313 g/mol. The molecule has 0 fully saturated rings. The van der Waals surface area contributed by atoms with E-state index in [-0.39, 0.29) is 0 Å². The molecule has 0 saturated heterocycles. The summed E-state index contributed by atoms with van der Waals surface area (Å²) in [6, 6.07) is 8.28. The number of halogens is 1. The van der Waals surface area contributed by atoms with Crippen LogP contribution in [0, 0.1) is 0 Å². The van der Waals surface area contributed by atoms with E-state index in [1.54, 1.807) is 24.3 Å². The van der Waals surface area contributed by atoms with Crippen LogP contribution in [0.2, 0.25) is 24.7 Å². The third-order valence-corrected chi connectivity index (χ3v) is 9.20. The Labute approximate surface area is 128 Å². The van der Waals surface area contributed by atoms with Gasteiger partial charge in [-0.1, -0.05) is 39.4 Å². The van der Waals surface area contributed by atoms with Crippen LogP contribution in [-0.4, -0.2) is 19.9 Å². The van der Waals surface area contributed by atoms with Crippen LogP contribution in [0.5, 0.6) is 5.75 Å². The molecule has 1 unspecified atom stereocenters. The quantitative estimate of drug-likeness (QED) is 0.368. The van der Waals surface area contributed by atoms with E-state index < -0.39 is 13.3 Å². The van der Waals surface area contributed by atoms with E-state index in [4.69, 9.17) is 16.3 Å². The van der Waals surface area contributed by atoms with Gasteiger partial charge in [0.05, 0.1) is 14.7 Å². The zero-order valence-electron chi connectivity index (χ0n) is 12.9. The van der Waals surface area contributed by atoms with Crippen molar-refractivity contribution in [2.45, 2.75) is 51.4 Å². The van der Waals surface area contributed by atoms with Gasteiger partial charge < -0.3 is 4.74 Å². The number of hydrogen-bond donors (Lipinski definition) is 0. The van der Waals surface area contributed by atoms with E-state index >= 15 is 0 Å². The number of benzene rings is 1. The van der Waals surface area contributed by atoms with Gasteiger partial charge in [-0.25, -0.2) is 0 Å². The maximum Gasteiger partial charge on any atom is 0.252 e. The van der Waals surface area contributed by atoms with Crippen molar-refractivity contribution in [3.63, 3.8) is 0 Å². The first kappa shape index (κ1) is 17.2. The van der Waals surface area contributed by atoms with Crippen LogP contribution in [0.4, 0.5) is 0 Å². The van der Waals surface area contributed by atoms with Gasteiger partial charge in [-0.2, -0.15) is 0 Å². The molecule has 0 radical (unpaired) electrons. The van der Waals surface area contributed by atoms with Crippen molar-refractivity contribution in [3.05, 3.63) is 29.8 Å². The normalized spacial score (nSPS) is 13.1. The van der Waals surface area contributed by atoms with Gasteiger partial charge in [-0.3, -0.25) is 4.79 Å². The Morgan fingerprint density at radius 2 is 1.90 bits per heavy atom. The second-order valence-corrected chi connectivity index (χ2v) is 11.9. The van der Waals surface area contributed by atoms with E-state index in [0.29, 0.717) is 5.56 Å². The van der Waals surface area contributed by atoms with Crippen molar-refractivity contribution >= 4 is 24.9 Å². The molecule has 1 rings (SSSR count). The Kier molecular flexibility index (Phi) is 6.76. The molecule has 0 aliphatic carbocycles. The lowest BCUT2D eigenvalue weighted by molar-refractivity contribution is 0.108. The molecule has 1 aromatic rings. The highest BCUT2D eigenvalue weighted by Crippen LogP contribution is 2.29. The van der Waals surface area contributed by atoms with E-state index in [9.17, 15) is 4.79 Å². The van der Waals surface area contributed by atoms with Gasteiger partial charge in [0, 0.05) is 5.56 Å². The molecule has 0 aliphatic rings. The van der Waals surface area contributed by atoms with Crippen molar-refractivity contribution in [1.29, 1.82) is 0 Å². The van der Waals surface area contributed by atoms with Crippen LogP contribution in [0.25, 0.3) is 0 Å². The van der Waals surface area contributed by atoms with Crippen molar-refractivity contribution in [3.8, 4) is 5.75 Å². The van der Waals surface area contributed by atoms with Gasteiger partial charge in [0.25, 0.3) is 5.24 Å². The molecule has 0 spiro atoms. The van der Waals surface area contributed by atoms with Crippen molar-refractivity contribution in [2.24, 2.45) is 0 Å². The second-order valence-electron chi connectivity index (χ2n) is 6.05. The first-order chi connectivity index (χ1) is 9.36. The van der Waals surface area contributed by atoms with E-state index in [1.807, 2.05) is 0 Å². The fourth-order valence-corrected chi connectivity index (χ4v) is 4.98. The molecule has 0 aliphatic heterocycles. The maximum atomic E-state index is 10.9. The van der Waals surface area contributed by atoms with Crippen LogP contribution in [0.15, 0.2) is 24.3 Å². The second kappa shape index (κ2) is 7.84. The van der Waals surface area contributed by atoms with Gasteiger partial charge in [0.2, 0.25) is 0 Å². The van der Waals surface area contributed by atoms with Crippen LogP contribution in [0.3, 0.4) is 0 Å². The summed E-state index contributed by atoms with van der Waals surface area (Å²) in [6.45, 7) is 10.3. The lowest BCUT2D eigenvalue weighted by atomic mass is 10.2. The average Bonchev–Trinajstić information content (AvgIpc) is 2.43. The van der Waals surface area contributed by atoms with Gasteiger partial charge in [0.1, 0.15) is 5.75 Å². The Balaban J connectivity index is 2.36. The van der Waals surface area contributed by atoms with Gasteiger partial charge >= 0.3 is 0 Å². The minimum Gasteiger partial charge on any atom is -0.494 e. The zero-order valence-corrected chi connectivity index (χ0v) is 14.7. The molecule has 0 amide bonds. The molecule has 4 heteroatoms. The molecule has 1 aromatic carbocycles. The summed E-state index contributed by atoms with van der Waals surface area (Å²) in [5.41, 5.74) is 1.36. The lowest BCUT2D eigenvalue weighted by Crippen LogP contribution is -2.30. The summed E-state index contributed by atoms with van der Waals surface area (Å²) in [5, 5.41) is -0.433. The number of rotatable bonds is 8. The summed E-state index contributed by atoms with van der Waals surface area (Å²) in [6.07, 6.45) is 2.37. The topological polar surface area (TPSA) is 26.3 Å². The highest BCUT2D eigenvalue weighted by molar-refractivity contribution is 6.78. The largest absolute Gasteiger partial charge is 0.494 e. The Morgan fingerprint density at radius 1 is 1.30 bits per heavy atom. The van der Waals surface area contributed by atoms with Gasteiger partial charge in [-0.05, 0) is 47.8 Å². The molecule has 20 heavy (non-hydrogen) atoms. The van der Waals surface area contributed by atoms with E-state index in [2.05, 4.69) is 26.9 Å². The van der Waals surface area contributed by atoms with Crippen molar-refractivity contribution in [2.75, 3.05) is 6.61 Å². The molecule has 0 aromatic heterocycles. The molecule has 1 atom stereocenters. The maximum absolute atomic E-state index is 10.9. The predicted octanol–water partition coefficient (Wildman–Crippen LogP) is 5.34. The molecule has 0 saturated carbocycles. The van der Waals surface area contributed by atoms with Gasteiger partial charge in [0.15, 0.2) is 0 Å². The monoisotopic (exact) mass is 312 g/mol. The summed E-state index contributed by atoms with van der Waals surface area (Å²) >= 11 is 5.40. The Hall–Kier alpha value is -0.803. The van der Waals surface area contributed by atoms with Gasteiger partial charge in [-0.15, -0.1) is 0 Å². The highest BCUT2D eigenvalue weighted by atomic mass is 35.5. The number of carbonyl (C=O) groups excluding carboxylic acids is 1. The Morgan fingerprint density at radius 3 is 2.40 bits per heavy atom. The summed E-state index contributed by atoms with van der Waals surface area (Å²) in [7, 11) is -1.11. The zero-order chi connectivity index (χ0) is 15.2. The predicted molar refractivity (Wildman–Crippen MR) is 88.7 cm³/mol. The molecular formula is C16H25ClO2Si. The molecule has 0 heterocycles. The van der Waals surface area contributed by atoms with Crippen LogP contribution < -0.4 is 4.74 Å². The third kappa shape index (κ3) is 5.29. The molecular weight excluding hydrogens is 288 g/mol. The summed E-state index contributed by atoms with van der Waals surface area (Å²) in [5.74, 6) is 0.801. The summed E-state index contributed by atoms with van der Waals surface area (Å²) < 4.78 is 5.72. The van der Waals surface area contributed by atoms with Crippen LogP contribution in [-0.2, 0) is 0 Å². The number of ether oxygens (including phenoxy) is 1. The Bertz CT molecular complexity index is 429. The van der Waals surface area contributed by atoms with E-state index in [0.717, 1.165) is 24.3 Å². The van der Waals surface area contributed by atoms with Crippen molar-refractivity contribution in [1.82, 2.24) is 0 Å². The number of carbonyl (C=O) groups is 1. The summed E-state index contributed by atoms with van der Waals surface area (Å²) in [4.78, 5) is 10.9. The fourth-order valence-electron chi connectivity index (χ4n) is 2.20. The number of hydrogen-bond acceptors (Lipinski definition) is 2. The highest BCUT2D eigenvalue weighted by Gasteiger charge is 2.26. The lowest BCUT2D eigenvalue weighted by Gasteiger charge is -2.29. The molecule has 0 N–H and O–H groups in total. The van der Waals surface area contributed by atoms with Crippen molar-refractivity contribution < 1.29 is 9.53 Å². The fraction of sp³-hybridized carbons (Fsp3) is 0.562.